The van der Waals surface area contributed by atoms with Crippen LogP contribution in [0.4, 0.5) is 10.1 Å². The Balaban J connectivity index is 2.25. The van der Waals surface area contributed by atoms with Crippen molar-refractivity contribution in [2.75, 3.05) is 11.9 Å². The molecule has 7 heteroatoms. The second kappa shape index (κ2) is 6.98. The van der Waals surface area contributed by atoms with E-state index in [1.807, 2.05) is 0 Å². The van der Waals surface area contributed by atoms with Crippen LogP contribution in [-0.4, -0.2) is 33.6 Å². The van der Waals surface area contributed by atoms with Crippen LogP contribution in [0, 0.1) is 15.9 Å². The summed E-state index contributed by atoms with van der Waals surface area (Å²) in [5.74, 6) is -1.09. The summed E-state index contributed by atoms with van der Waals surface area (Å²) in [6.07, 6.45) is 3.62. The highest BCUT2D eigenvalue weighted by atomic mass is 79.9. The van der Waals surface area contributed by atoms with Crippen LogP contribution in [0.5, 0.6) is 0 Å². The summed E-state index contributed by atoms with van der Waals surface area (Å²) in [4.78, 5) is 24.5. The zero-order chi connectivity index (χ0) is 15.4. The SMILES string of the molecule is O=C(c1ccc(F)cc1[N+](=O)[O-])N1CCCC1CCCBr. The van der Waals surface area contributed by atoms with E-state index >= 15 is 0 Å². The molecule has 1 aromatic rings. The van der Waals surface area contributed by atoms with Crippen molar-refractivity contribution in [3.05, 3.63) is 39.7 Å². The van der Waals surface area contributed by atoms with E-state index in [0.29, 0.717) is 6.54 Å². The van der Waals surface area contributed by atoms with E-state index in [9.17, 15) is 19.3 Å². The molecule has 1 amide bonds. The van der Waals surface area contributed by atoms with Gasteiger partial charge in [-0.15, -0.1) is 0 Å². The van der Waals surface area contributed by atoms with Crippen LogP contribution in [0.3, 0.4) is 0 Å². The Bertz CT molecular complexity index is 553. The Morgan fingerprint density at radius 1 is 1.52 bits per heavy atom. The summed E-state index contributed by atoms with van der Waals surface area (Å²) in [6.45, 7) is 0.598. The van der Waals surface area contributed by atoms with Crippen molar-refractivity contribution in [3.8, 4) is 0 Å². The summed E-state index contributed by atoms with van der Waals surface area (Å²) >= 11 is 3.36. The van der Waals surface area contributed by atoms with Crippen molar-refractivity contribution in [1.82, 2.24) is 4.90 Å². The Hall–Kier alpha value is -1.50. The molecule has 1 heterocycles. The molecule has 1 fully saturated rings. The molecule has 1 saturated heterocycles. The monoisotopic (exact) mass is 358 g/mol. The zero-order valence-corrected chi connectivity index (χ0v) is 13.0. The van der Waals surface area contributed by atoms with Crippen molar-refractivity contribution in [2.45, 2.75) is 31.7 Å². The third-order valence-electron chi connectivity index (χ3n) is 3.70. The lowest BCUT2D eigenvalue weighted by Crippen LogP contribution is -2.35. The molecule has 0 radical (unpaired) electrons. The van der Waals surface area contributed by atoms with Gasteiger partial charge in [-0.2, -0.15) is 0 Å². The van der Waals surface area contributed by atoms with Crippen LogP contribution >= 0.6 is 15.9 Å². The fraction of sp³-hybridized carbons (Fsp3) is 0.500. The molecule has 1 unspecified atom stereocenters. The van der Waals surface area contributed by atoms with E-state index in [-0.39, 0.29) is 17.5 Å². The lowest BCUT2D eigenvalue weighted by Gasteiger charge is -2.24. The first kappa shape index (κ1) is 15.9. The van der Waals surface area contributed by atoms with Gasteiger partial charge >= 0.3 is 0 Å². The normalized spacial score (nSPS) is 18.0. The Morgan fingerprint density at radius 3 is 2.95 bits per heavy atom. The largest absolute Gasteiger partial charge is 0.335 e. The second-order valence-corrected chi connectivity index (χ2v) is 5.84. The Kier molecular flexibility index (Phi) is 5.27. The van der Waals surface area contributed by atoms with Crippen molar-refractivity contribution in [3.63, 3.8) is 0 Å². The smallest absolute Gasteiger partial charge is 0.285 e. The van der Waals surface area contributed by atoms with E-state index in [2.05, 4.69) is 15.9 Å². The summed E-state index contributed by atoms with van der Waals surface area (Å²) < 4.78 is 13.2. The van der Waals surface area contributed by atoms with Crippen molar-refractivity contribution < 1.29 is 14.1 Å². The molecule has 1 aliphatic rings. The number of amides is 1. The predicted octanol–water partition coefficient (Wildman–Crippen LogP) is 3.51. The van der Waals surface area contributed by atoms with E-state index < -0.39 is 16.4 Å². The summed E-state index contributed by atoms with van der Waals surface area (Å²) in [7, 11) is 0. The number of nitro groups is 1. The van der Waals surface area contributed by atoms with E-state index in [0.717, 1.165) is 43.1 Å². The average molecular weight is 359 g/mol. The molecular weight excluding hydrogens is 343 g/mol. The Labute approximate surface area is 130 Å². The van der Waals surface area contributed by atoms with Crippen LogP contribution in [-0.2, 0) is 0 Å². The third kappa shape index (κ3) is 3.58. The van der Waals surface area contributed by atoms with Gasteiger partial charge in [-0.25, -0.2) is 4.39 Å². The van der Waals surface area contributed by atoms with E-state index in [4.69, 9.17) is 0 Å². The lowest BCUT2D eigenvalue weighted by molar-refractivity contribution is -0.385. The van der Waals surface area contributed by atoms with Crippen LogP contribution < -0.4 is 0 Å². The van der Waals surface area contributed by atoms with Gasteiger partial charge in [-0.1, -0.05) is 15.9 Å². The minimum absolute atomic E-state index is 0.0351. The first-order chi connectivity index (χ1) is 10.0. The fourth-order valence-electron chi connectivity index (χ4n) is 2.71. The molecule has 5 nitrogen and oxygen atoms in total. The summed E-state index contributed by atoms with van der Waals surface area (Å²) in [5, 5.41) is 11.9. The highest BCUT2D eigenvalue weighted by Gasteiger charge is 2.32. The molecule has 114 valence electrons. The molecule has 21 heavy (non-hydrogen) atoms. The predicted molar refractivity (Wildman–Crippen MR) is 80.1 cm³/mol. The van der Waals surface area contributed by atoms with Gasteiger partial charge < -0.3 is 4.90 Å². The van der Waals surface area contributed by atoms with Crippen LogP contribution in [0.2, 0.25) is 0 Å². The number of carbonyl (C=O) groups is 1. The number of benzene rings is 1. The van der Waals surface area contributed by atoms with Crippen LogP contribution in [0.15, 0.2) is 18.2 Å². The van der Waals surface area contributed by atoms with Gasteiger partial charge in [0.05, 0.1) is 11.0 Å². The van der Waals surface area contributed by atoms with Crippen molar-refractivity contribution >= 4 is 27.5 Å². The first-order valence-corrected chi connectivity index (χ1v) is 7.97. The zero-order valence-electron chi connectivity index (χ0n) is 11.4. The minimum atomic E-state index is -0.712. The van der Waals surface area contributed by atoms with Gasteiger partial charge in [0.15, 0.2) is 0 Å². The van der Waals surface area contributed by atoms with E-state index in [1.54, 1.807) is 4.90 Å². The number of halogens is 2. The topological polar surface area (TPSA) is 63.4 Å². The molecule has 1 aliphatic heterocycles. The molecule has 0 spiro atoms. The highest BCUT2D eigenvalue weighted by molar-refractivity contribution is 9.09. The standard InChI is InChI=1S/C14H16BrFN2O3/c15-7-1-3-11-4-2-8-17(11)14(19)12-6-5-10(16)9-13(12)18(20)21/h5-6,9,11H,1-4,7-8H2. The number of likely N-dealkylation sites (tertiary alicyclic amines) is 1. The van der Waals surface area contributed by atoms with Gasteiger partial charge in [-0.05, 0) is 37.8 Å². The average Bonchev–Trinajstić information content (AvgIpc) is 2.92. The maximum atomic E-state index is 13.2. The van der Waals surface area contributed by atoms with Crippen LogP contribution in [0.25, 0.3) is 0 Å². The highest BCUT2D eigenvalue weighted by Crippen LogP contribution is 2.27. The minimum Gasteiger partial charge on any atom is -0.335 e. The lowest BCUT2D eigenvalue weighted by atomic mass is 10.1. The number of nitrogens with zero attached hydrogens (tertiary/aromatic N) is 2. The third-order valence-corrected chi connectivity index (χ3v) is 4.26. The summed E-state index contributed by atoms with van der Waals surface area (Å²) in [5.41, 5.74) is -0.502. The molecule has 0 aliphatic carbocycles. The van der Waals surface area contributed by atoms with Crippen molar-refractivity contribution in [2.24, 2.45) is 0 Å². The molecular formula is C14H16BrFN2O3. The van der Waals surface area contributed by atoms with E-state index in [1.165, 1.54) is 6.07 Å². The first-order valence-electron chi connectivity index (χ1n) is 6.85. The second-order valence-electron chi connectivity index (χ2n) is 5.04. The van der Waals surface area contributed by atoms with Gasteiger partial charge in [-0.3, -0.25) is 14.9 Å². The maximum absolute atomic E-state index is 13.2. The number of hydrogen-bond acceptors (Lipinski definition) is 3. The molecule has 0 saturated carbocycles. The number of alkyl halides is 1. The number of nitro benzene ring substituents is 1. The molecule has 2 rings (SSSR count). The van der Waals surface area contributed by atoms with Gasteiger partial charge in [0.1, 0.15) is 11.4 Å². The molecule has 0 aromatic heterocycles. The number of rotatable bonds is 5. The van der Waals surface area contributed by atoms with Gasteiger partial charge in [0.25, 0.3) is 11.6 Å². The van der Waals surface area contributed by atoms with Gasteiger partial charge in [0, 0.05) is 17.9 Å². The molecule has 0 N–H and O–H groups in total. The Morgan fingerprint density at radius 2 is 2.29 bits per heavy atom. The van der Waals surface area contributed by atoms with Crippen molar-refractivity contribution in [1.29, 1.82) is 0 Å². The fourth-order valence-corrected chi connectivity index (χ4v) is 3.03. The summed E-state index contributed by atoms with van der Waals surface area (Å²) in [6, 6.07) is 3.20. The number of carbonyl (C=O) groups excluding carboxylic acids is 1. The van der Waals surface area contributed by atoms with Gasteiger partial charge in [0.2, 0.25) is 0 Å². The maximum Gasteiger partial charge on any atom is 0.285 e. The molecule has 1 aromatic carbocycles. The number of hydrogen-bond donors (Lipinski definition) is 0. The molecule has 0 bridgehead atoms. The quantitative estimate of drug-likeness (QED) is 0.459. The van der Waals surface area contributed by atoms with Crippen LogP contribution in [0.1, 0.15) is 36.0 Å². The molecule has 1 atom stereocenters.